The number of sulfonamides is 1. The number of hydrogen-bond donors (Lipinski definition) is 1. The third-order valence-electron chi connectivity index (χ3n) is 3.23. The van der Waals surface area contributed by atoms with Crippen molar-refractivity contribution in [3.05, 3.63) is 41.3 Å². The van der Waals surface area contributed by atoms with Crippen LogP contribution in [0.4, 0.5) is 11.4 Å². The molecule has 0 aliphatic carbocycles. The second kappa shape index (κ2) is 4.54. The maximum atomic E-state index is 12.1. The van der Waals surface area contributed by atoms with Crippen LogP contribution in [-0.4, -0.2) is 22.0 Å². The van der Waals surface area contributed by atoms with Gasteiger partial charge in [0.1, 0.15) is 4.21 Å². The van der Waals surface area contributed by atoms with Crippen molar-refractivity contribution in [2.75, 3.05) is 23.2 Å². The molecule has 0 amide bonds. The highest BCUT2D eigenvalue weighted by Crippen LogP contribution is 2.30. The number of likely N-dealkylation sites (N-methyl/N-ethyl adjacent to an activating group) is 1. The quantitative estimate of drug-likeness (QED) is 0.946. The molecule has 100 valence electrons. The monoisotopic (exact) mass is 294 g/mol. The molecule has 0 bridgehead atoms. The maximum Gasteiger partial charge on any atom is 0.271 e. The maximum absolute atomic E-state index is 12.1. The molecule has 1 aromatic carbocycles. The van der Waals surface area contributed by atoms with E-state index < -0.39 is 10.0 Å². The molecular weight excluding hydrogens is 280 g/mol. The second-order valence-electron chi connectivity index (χ2n) is 4.55. The van der Waals surface area contributed by atoms with Crippen molar-refractivity contribution in [2.24, 2.45) is 0 Å². The Balaban J connectivity index is 1.91. The fraction of sp³-hybridized carbons (Fsp3) is 0.231. The predicted molar refractivity (Wildman–Crippen MR) is 78.5 cm³/mol. The summed E-state index contributed by atoms with van der Waals surface area (Å²) in [6.07, 6.45) is 1.02. The molecule has 0 spiro atoms. The van der Waals surface area contributed by atoms with Crippen molar-refractivity contribution in [3.8, 4) is 0 Å². The summed E-state index contributed by atoms with van der Waals surface area (Å²) >= 11 is 1.21. The fourth-order valence-corrected chi connectivity index (χ4v) is 4.27. The van der Waals surface area contributed by atoms with E-state index in [9.17, 15) is 8.42 Å². The lowest BCUT2D eigenvalue weighted by Crippen LogP contribution is -2.14. The third kappa shape index (κ3) is 2.33. The summed E-state index contributed by atoms with van der Waals surface area (Å²) in [4.78, 5) is 2.14. The Morgan fingerprint density at radius 3 is 2.89 bits per heavy atom. The number of anilines is 2. The molecule has 0 atom stereocenters. The molecule has 2 heterocycles. The molecule has 3 rings (SSSR count). The molecular formula is C13H14N2O2S2. The highest BCUT2D eigenvalue weighted by atomic mass is 32.2. The van der Waals surface area contributed by atoms with Gasteiger partial charge in [-0.2, -0.15) is 0 Å². The van der Waals surface area contributed by atoms with Crippen molar-refractivity contribution in [1.82, 2.24) is 0 Å². The SMILES string of the molecule is CN1CCc2ccc(NS(=O)(=O)c3cccs3)cc21. The summed E-state index contributed by atoms with van der Waals surface area (Å²) in [5, 5.41) is 1.75. The van der Waals surface area contributed by atoms with E-state index in [1.165, 1.54) is 16.9 Å². The van der Waals surface area contributed by atoms with E-state index in [0.29, 0.717) is 9.90 Å². The zero-order valence-corrected chi connectivity index (χ0v) is 12.1. The Kier molecular flexibility index (Phi) is 2.99. The van der Waals surface area contributed by atoms with Crippen LogP contribution in [0.2, 0.25) is 0 Å². The van der Waals surface area contributed by atoms with Gasteiger partial charge >= 0.3 is 0 Å². The van der Waals surface area contributed by atoms with E-state index in [2.05, 4.69) is 9.62 Å². The van der Waals surface area contributed by atoms with Crippen molar-refractivity contribution >= 4 is 32.7 Å². The van der Waals surface area contributed by atoms with E-state index in [4.69, 9.17) is 0 Å². The van der Waals surface area contributed by atoms with Crippen LogP contribution in [-0.2, 0) is 16.4 Å². The van der Waals surface area contributed by atoms with Crippen molar-refractivity contribution in [1.29, 1.82) is 0 Å². The predicted octanol–water partition coefficient (Wildman–Crippen LogP) is 2.54. The number of benzene rings is 1. The molecule has 4 nitrogen and oxygen atoms in total. The van der Waals surface area contributed by atoms with Gasteiger partial charge in [0, 0.05) is 19.3 Å². The molecule has 0 fully saturated rings. The van der Waals surface area contributed by atoms with Gasteiger partial charge in [-0.1, -0.05) is 12.1 Å². The summed E-state index contributed by atoms with van der Waals surface area (Å²) in [6, 6.07) is 9.05. The highest BCUT2D eigenvalue weighted by Gasteiger charge is 2.19. The minimum absolute atomic E-state index is 0.335. The van der Waals surface area contributed by atoms with Crippen LogP contribution < -0.4 is 9.62 Å². The summed E-state index contributed by atoms with van der Waals surface area (Å²) in [5.41, 5.74) is 2.98. The first-order chi connectivity index (χ1) is 9.06. The lowest BCUT2D eigenvalue weighted by atomic mass is 10.1. The number of hydrogen-bond acceptors (Lipinski definition) is 4. The first kappa shape index (κ1) is 12.5. The van der Waals surface area contributed by atoms with Crippen LogP contribution in [0.15, 0.2) is 39.9 Å². The molecule has 0 radical (unpaired) electrons. The van der Waals surface area contributed by atoms with E-state index in [1.807, 2.05) is 25.2 Å². The normalized spacial score (nSPS) is 14.5. The summed E-state index contributed by atoms with van der Waals surface area (Å²) in [5.74, 6) is 0. The van der Waals surface area contributed by atoms with Crippen molar-refractivity contribution < 1.29 is 8.42 Å². The van der Waals surface area contributed by atoms with Gasteiger partial charge in [0.25, 0.3) is 10.0 Å². The van der Waals surface area contributed by atoms with Gasteiger partial charge in [0.2, 0.25) is 0 Å². The van der Waals surface area contributed by atoms with E-state index in [-0.39, 0.29) is 0 Å². The van der Waals surface area contributed by atoms with Gasteiger partial charge in [-0.3, -0.25) is 4.72 Å². The van der Waals surface area contributed by atoms with E-state index >= 15 is 0 Å². The van der Waals surface area contributed by atoms with Crippen LogP contribution in [0.3, 0.4) is 0 Å². The lowest BCUT2D eigenvalue weighted by Gasteiger charge is -2.13. The lowest BCUT2D eigenvalue weighted by molar-refractivity contribution is 0.603. The minimum atomic E-state index is -3.45. The Hall–Kier alpha value is -1.53. The molecule has 6 heteroatoms. The Bertz CT molecular complexity index is 693. The molecule has 0 unspecified atom stereocenters. The Labute approximate surface area is 116 Å². The second-order valence-corrected chi connectivity index (χ2v) is 7.41. The number of thiophene rings is 1. The van der Waals surface area contributed by atoms with Gasteiger partial charge < -0.3 is 4.90 Å². The molecule has 19 heavy (non-hydrogen) atoms. The summed E-state index contributed by atoms with van der Waals surface area (Å²) in [6.45, 7) is 0.983. The van der Waals surface area contributed by atoms with Crippen LogP contribution in [0, 0.1) is 0 Å². The van der Waals surface area contributed by atoms with Crippen LogP contribution in [0.25, 0.3) is 0 Å². The zero-order chi connectivity index (χ0) is 13.5. The van der Waals surface area contributed by atoms with Crippen LogP contribution >= 0.6 is 11.3 Å². The van der Waals surface area contributed by atoms with Gasteiger partial charge in [-0.25, -0.2) is 8.42 Å². The van der Waals surface area contributed by atoms with E-state index in [1.54, 1.807) is 17.5 Å². The average Bonchev–Trinajstić information content (AvgIpc) is 3.00. The average molecular weight is 294 g/mol. The van der Waals surface area contributed by atoms with Gasteiger partial charge in [-0.05, 0) is 35.6 Å². The zero-order valence-electron chi connectivity index (χ0n) is 10.5. The number of nitrogens with one attached hydrogen (secondary N) is 1. The highest BCUT2D eigenvalue weighted by molar-refractivity contribution is 7.94. The van der Waals surface area contributed by atoms with Gasteiger partial charge in [-0.15, -0.1) is 11.3 Å². The molecule has 0 saturated carbocycles. The largest absolute Gasteiger partial charge is 0.374 e. The molecule has 2 aromatic rings. The van der Waals surface area contributed by atoms with Crippen LogP contribution in [0.5, 0.6) is 0 Å². The van der Waals surface area contributed by atoms with Crippen LogP contribution in [0.1, 0.15) is 5.56 Å². The van der Waals surface area contributed by atoms with E-state index in [0.717, 1.165) is 18.7 Å². The number of rotatable bonds is 3. The van der Waals surface area contributed by atoms with Crippen molar-refractivity contribution in [2.45, 2.75) is 10.6 Å². The fourth-order valence-electron chi connectivity index (χ4n) is 2.22. The molecule has 1 N–H and O–H groups in total. The first-order valence-corrected chi connectivity index (χ1v) is 8.33. The summed E-state index contributed by atoms with van der Waals surface area (Å²) in [7, 11) is -1.44. The molecule has 1 aliphatic heterocycles. The smallest absolute Gasteiger partial charge is 0.271 e. The summed E-state index contributed by atoms with van der Waals surface area (Å²) < 4.78 is 27.2. The van der Waals surface area contributed by atoms with Gasteiger partial charge in [0.15, 0.2) is 0 Å². The first-order valence-electron chi connectivity index (χ1n) is 5.97. The Morgan fingerprint density at radius 1 is 1.32 bits per heavy atom. The number of nitrogens with zero attached hydrogens (tertiary/aromatic N) is 1. The molecule has 1 aliphatic rings. The minimum Gasteiger partial charge on any atom is -0.374 e. The Morgan fingerprint density at radius 2 is 2.16 bits per heavy atom. The van der Waals surface area contributed by atoms with Crippen molar-refractivity contribution in [3.63, 3.8) is 0 Å². The van der Waals surface area contributed by atoms with Gasteiger partial charge in [0.05, 0.1) is 5.69 Å². The third-order valence-corrected chi connectivity index (χ3v) is 6.00. The standard InChI is InChI=1S/C13H14N2O2S2/c1-15-7-6-10-4-5-11(9-12(10)15)14-19(16,17)13-3-2-8-18-13/h2-5,8-9,14H,6-7H2,1H3. The topological polar surface area (TPSA) is 49.4 Å². The number of fused-ring (bicyclic) bond motifs is 1. The molecule has 1 aromatic heterocycles. The molecule has 0 saturated heterocycles.